The Labute approximate surface area is 214 Å². The minimum atomic E-state index is -0.996. The molecule has 0 unspecified atom stereocenters. The lowest BCUT2D eigenvalue weighted by Crippen LogP contribution is -2.50. The van der Waals surface area contributed by atoms with Crippen LogP contribution in [-0.2, 0) is 16.0 Å². The van der Waals surface area contributed by atoms with Gasteiger partial charge in [-0.2, -0.15) is 0 Å². The van der Waals surface area contributed by atoms with Gasteiger partial charge in [-0.25, -0.2) is 5.01 Å². The van der Waals surface area contributed by atoms with Crippen LogP contribution in [0.5, 0.6) is 5.75 Å². The van der Waals surface area contributed by atoms with Crippen LogP contribution in [0.25, 0.3) is 0 Å². The summed E-state index contributed by atoms with van der Waals surface area (Å²) in [6.07, 6.45) is 0.492. The van der Waals surface area contributed by atoms with E-state index >= 15 is 0 Å². The van der Waals surface area contributed by atoms with Crippen molar-refractivity contribution in [2.24, 2.45) is 0 Å². The molecule has 0 saturated carbocycles. The summed E-state index contributed by atoms with van der Waals surface area (Å²) < 4.78 is 5.19. The van der Waals surface area contributed by atoms with Gasteiger partial charge in [0.25, 0.3) is 11.8 Å². The number of anilines is 1. The topological polar surface area (TPSA) is 91.0 Å². The van der Waals surface area contributed by atoms with Gasteiger partial charge >= 0.3 is 0 Å². The van der Waals surface area contributed by atoms with Crippen LogP contribution in [0, 0.1) is 0 Å². The van der Waals surface area contributed by atoms with Crippen LogP contribution in [0.4, 0.5) is 5.69 Å². The molecule has 1 aliphatic rings. The molecule has 3 aromatic rings. The summed E-state index contributed by atoms with van der Waals surface area (Å²) in [6.45, 7) is 0.423. The molecule has 1 saturated heterocycles. The first-order valence-corrected chi connectivity index (χ1v) is 11.9. The number of thiocarbonyl (C=S) groups is 1. The molecule has 1 fully saturated rings. The van der Waals surface area contributed by atoms with Crippen molar-refractivity contribution < 1.29 is 19.1 Å². The van der Waals surface area contributed by atoms with Gasteiger partial charge in [0.1, 0.15) is 11.8 Å². The van der Waals surface area contributed by atoms with Gasteiger partial charge < -0.3 is 10.1 Å². The lowest BCUT2D eigenvalue weighted by molar-refractivity contribution is -0.127. The van der Waals surface area contributed by atoms with E-state index in [1.807, 2.05) is 30.3 Å². The summed E-state index contributed by atoms with van der Waals surface area (Å²) >= 11 is 5.59. The average molecular weight is 503 g/mol. The maximum atomic E-state index is 13.5. The third kappa shape index (κ3) is 5.69. The van der Waals surface area contributed by atoms with Crippen molar-refractivity contribution in [2.45, 2.75) is 18.9 Å². The van der Waals surface area contributed by atoms with E-state index < -0.39 is 17.9 Å². The molecule has 8 nitrogen and oxygen atoms in total. The quantitative estimate of drug-likeness (QED) is 0.437. The van der Waals surface area contributed by atoms with Gasteiger partial charge in [0.05, 0.1) is 19.2 Å². The summed E-state index contributed by atoms with van der Waals surface area (Å²) in [6, 6.07) is 24.2. The molecule has 0 bridgehead atoms. The standard InChI is InChI=1S/C27H26N4O4S/c1-35-22-14-12-21(13-15-22)30-26(34)23(18-24(32)28-17-16-19-8-4-2-5-9-19)31(27(30)36)29-25(33)20-10-6-3-7-11-20/h2-15,23H,16-18H2,1H3,(H,28,32)(H,29,33)/t23-/m0/s1. The number of benzene rings is 3. The number of rotatable bonds is 9. The molecule has 4 rings (SSSR count). The number of nitrogens with one attached hydrogen (secondary N) is 2. The van der Waals surface area contributed by atoms with Crippen molar-refractivity contribution >= 4 is 40.7 Å². The second-order valence-electron chi connectivity index (χ2n) is 8.14. The summed E-state index contributed by atoms with van der Waals surface area (Å²) in [5.74, 6) is -0.531. The minimum Gasteiger partial charge on any atom is -0.497 e. The van der Waals surface area contributed by atoms with Crippen LogP contribution >= 0.6 is 12.2 Å². The van der Waals surface area contributed by atoms with E-state index in [4.69, 9.17) is 17.0 Å². The summed E-state index contributed by atoms with van der Waals surface area (Å²) in [4.78, 5) is 40.5. The fraction of sp³-hybridized carbons (Fsp3) is 0.185. The molecule has 0 aromatic heterocycles. The van der Waals surface area contributed by atoms with Crippen molar-refractivity contribution in [3.8, 4) is 5.75 Å². The Morgan fingerprint density at radius 3 is 2.22 bits per heavy atom. The number of nitrogens with zero attached hydrogens (tertiary/aromatic N) is 2. The maximum absolute atomic E-state index is 13.5. The molecule has 184 valence electrons. The fourth-order valence-electron chi connectivity index (χ4n) is 3.87. The third-order valence-corrected chi connectivity index (χ3v) is 6.14. The molecule has 1 aliphatic heterocycles. The van der Waals surface area contributed by atoms with E-state index in [9.17, 15) is 14.4 Å². The molecular weight excluding hydrogens is 476 g/mol. The fourth-order valence-corrected chi connectivity index (χ4v) is 4.24. The molecule has 2 N–H and O–H groups in total. The molecule has 0 aliphatic carbocycles. The van der Waals surface area contributed by atoms with Crippen molar-refractivity contribution in [2.75, 3.05) is 18.6 Å². The van der Waals surface area contributed by atoms with Crippen LogP contribution < -0.4 is 20.4 Å². The van der Waals surface area contributed by atoms with Crippen molar-refractivity contribution in [3.05, 3.63) is 96.1 Å². The first-order chi connectivity index (χ1) is 17.5. The number of hydrazine groups is 1. The predicted octanol–water partition coefficient (Wildman–Crippen LogP) is 3.09. The Balaban J connectivity index is 1.51. The zero-order valence-electron chi connectivity index (χ0n) is 19.7. The number of carbonyl (C=O) groups is 3. The van der Waals surface area contributed by atoms with E-state index in [-0.39, 0.29) is 17.4 Å². The second kappa shape index (κ2) is 11.5. The lowest BCUT2D eigenvalue weighted by Gasteiger charge is -2.24. The van der Waals surface area contributed by atoms with Crippen LogP contribution in [0.2, 0.25) is 0 Å². The van der Waals surface area contributed by atoms with Gasteiger partial charge in [-0.05, 0) is 60.6 Å². The number of hydrogen-bond donors (Lipinski definition) is 2. The van der Waals surface area contributed by atoms with Crippen molar-refractivity contribution in [1.29, 1.82) is 0 Å². The van der Waals surface area contributed by atoms with E-state index in [1.165, 1.54) is 9.91 Å². The van der Waals surface area contributed by atoms with E-state index in [2.05, 4.69) is 10.7 Å². The van der Waals surface area contributed by atoms with Gasteiger partial charge in [0.15, 0.2) is 0 Å². The molecule has 0 radical (unpaired) electrons. The highest BCUT2D eigenvalue weighted by Crippen LogP contribution is 2.27. The van der Waals surface area contributed by atoms with E-state index in [0.29, 0.717) is 30.0 Å². The molecule has 36 heavy (non-hydrogen) atoms. The summed E-state index contributed by atoms with van der Waals surface area (Å²) in [5, 5.41) is 4.24. The Morgan fingerprint density at radius 1 is 0.944 bits per heavy atom. The Morgan fingerprint density at radius 2 is 1.58 bits per heavy atom. The zero-order valence-corrected chi connectivity index (χ0v) is 20.5. The highest BCUT2D eigenvalue weighted by Gasteiger charge is 2.45. The largest absolute Gasteiger partial charge is 0.497 e. The number of hydrogen-bond acceptors (Lipinski definition) is 5. The van der Waals surface area contributed by atoms with Crippen molar-refractivity contribution in [3.63, 3.8) is 0 Å². The second-order valence-corrected chi connectivity index (χ2v) is 8.50. The molecule has 9 heteroatoms. The third-order valence-electron chi connectivity index (χ3n) is 5.76. The molecule has 1 atom stereocenters. The van der Waals surface area contributed by atoms with Gasteiger partial charge in [-0.1, -0.05) is 48.5 Å². The minimum absolute atomic E-state index is 0.0801. The molecule has 3 aromatic carbocycles. The lowest BCUT2D eigenvalue weighted by atomic mass is 10.1. The zero-order chi connectivity index (χ0) is 25.5. The Bertz CT molecular complexity index is 1240. The molecule has 0 spiro atoms. The molecule has 3 amide bonds. The molecular formula is C27H26N4O4S. The van der Waals surface area contributed by atoms with E-state index in [1.54, 1.807) is 61.7 Å². The number of ether oxygens (including phenoxy) is 1. The van der Waals surface area contributed by atoms with Crippen molar-refractivity contribution in [1.82, 2.24) is 15.8 Å². The molecule has 1 heterocycles. The maximum Gasteiger partial charge on any atom is 0.269 e. The highest BCUT2D eigenvalue weighted by molar-refractivity contribution is 7.80. The number of methoxy groups -OCH3 is 1. The van der Waals surface area contributed by atoms with E-state index in [0.717, 1.165) is 5.56 Å². The normalized spacial score (nSPS) is 15.1. The van der Waals surface area contributed by atoms with Crippen LogP contribution in [0.15, 0.2) is 84.9 Å². The van der Waals surface area contributed by atoms with Gasteiger partial charge in [0, 0.05) is 12.1 Å². The number of amides is 3. The predicted molar refractivity (Wildman–Crippen MR) is 140 cm³/mol. The summed E-state index contributed by atoms with van der Waals surface area (Å²) in [7, 11) is 1.55. The van der Waals surface area contributed by atoms with Crippen LogP contribution in [-0.4, -0.2) is 47.5 Å². The Hall–Kier alpha value is -4.24. The van der Waals surface area contributed by atoms with Gasteiger partial charge in [-0.15, -0.1) is 0 Å². The summed E-state index contributed by atoms with van der Waals surface area (Å²) in [5.41, 5.74) is 4.73. The SMILES string of the molecule is COc1ccc(N2C(=O)[C@H](CC(=O)NCCc3ccccc3)N(NC(=O)c3ccccc3)C2=S)cc1. The van der Waals surface area contributed by atoms with Crippen LogP contribution in [0.3, 0.4) is 0 Å². The smallest absolute Gasteiger partial charge is 0.269 e. The first kappa shape index (κ1) is 24.9. The average Bonchev–Trinajstić information content (AvgIpc) is 3.13. The van der Waals surface area contributed by atoms with Gasteiger partial charge in [-0.3, -0.25) is 24.7 Å². The number of carbonyl (C=O) groups excluding carboxylic acids is 3. The highest BCUT2D eigenvalue weighted by atomic mass is 32.1. The Kier molecular flexibility index (Phi) is 7.92. The van der Waals surface area contributed by atoms with Gasteiger partial charge in [0.2, 0.25) is 11.0 Å². The first-order valence-electron chi connectivity index (χ1n) is 11.5. The van der Waals surface area contributed by atoms with Crippen LogP contribution in [0.1, 0.15) is 22.3 Å². The monoisotopic (exact) mass is 502 g/mol.